The molecule has 0 aliphatic carbocycles. The van der Waals surface area contributed by atoms with Crippen LogP contribution in [-0.2, 0) is 10.0 Å². The lowest BCUT2D eigenvalue weighted by molar-refractivity contribution is 0.0824. The van der Waals surface area contributed by atoms with Crippen LogP contribution in [0.3, 0.4) is 0 Å². The van der Waals surface area contributed by atoms with Gasteiger partial charge in [0.2, 0.25) is 10.0 Å². The molecule has 0 saturated carbocycles. The molecule has 2 atom stereocenters. The number of aryl methyl sites for hydroxylation is 1. The van der Waals surface area contributed by atoms with Crippen molar-refractivity contribution in [2.24, 2.45) is 0 Å². The molecule has 0 bridgehead atoms. The van der Waals surface area contributed by atoms with E-state index in [2.05, 4.69) is 25.3 Å². The summed E-state index contributed by atoms with van der Waals surface area (Å²) in [5.41, 5.74) is 1.76. The summed E-state index contributed by atoms with van der Waals surface area (Å²) < 4.78 is 44.3. The summed E-state index contributed by atoms with van der Waals surface area (Å²) in [5, 5.41) is 13.9. The second kappa shape index (κ2) is 9.54. The Morgan fingerprint density at radius 3 is 2.52 bits per heavy atom. The van der Waals surface area contributed by atoms with Gasteiger partial charge in [-0.1, -0.05) is 29.8 Å². The number of nitrogens with zero attached hydrogens (tertiary/aromatic N) is 4. The van der Waals surface area contributed by atoms with Crippen LogP contribution in [0, 0.1) is 19.7 Å². The van der Waals surface area contributed by atoms with E-state index < -0.39 is 33.7 Å². The number of carbonyl (C=O) groups excluding carboxylic acids is 1. The monoisotopic (exact) mass is 494 g/mol. The Bertz CT molecular complexity index is 1280. The van der Waals surface area contributed by atoms with Crippen molar-refractivity contribution < 1.29 is 17.6 Å². The molecule has 0 aliphatic heterocycles. The van der Waals surface area contributed by atoms with Crippen molar-refractivity contribution in [1.82, 2.24) is 30.2 Å². The molecule has 3 rings (SSSR count). The van der Waals surface area contributed by atoms with Gasteiger partial charge in [-0.15, -0.1) is 10.2 Å². The average Bonchev–Trinajstić information content (AvgIpc) is 3.28. The number of nitrogens with one attached hydrogen (secondary N) is 2. The third-order valence-electron chi connectivity index (χ3n) is 5.48. The normalized spacial score (nSPS) is 13.5. The number of rotatable bonds is 7. The van der Waals surface area contributed by atoms with Crippen molar-refractivity contribution in [2.45, 2.75) is 37.6 Å². The molecule has 1 amide bonds. The molecule has 3 aromatic rings. The van der Waals surface area contributed by atoms with Gasteiger partial charge in [0.1, 0.15) is 5.82 Å². The Balaban J connectivity index is 2.11. The summed E-state index contributed by atoms with van der Waals surface area (Å²) in [6.07, 6.45) is 0. The molecule has 1 aromatic heterocycles. The molecule has 33 heavy (non-hydrogen) atoms. The van der Waals surface area contributed by atoms with Crippen LogP contribution in [0.2, 0.25) is 5.02 Å². The van der Waals surface area contributed by atoms with Gasteiger partial charge in [-0.25, -0.2) is 12.8 Å². The predicted octanol–water partition coefficient (Wildman–Crippen LogP) is 3.13. The molecule has 0 spiro atoms. The molecule has 9 nitrogen and oxygen atoms in total. The molecule has 2 unspecified atom stereocenters. The lowest BCUT2D eigenvalue weighted by atomic mass is 9.88. The molecule has 0 saturated heterocycles. The van der Waals surface area contributed by atoms with Crippen molar-refractivity contribution >= 4 is 27.5 Å². The van der Waals surface area contributed by atoms with E-state index in [1.54, 1.807) is 19.9 Å². The average molecular weight is 495 g/mol. The van der Waals surface area contributed by atoms with E-state index in [4.69, 9.17) is 11.6 Å². The van der Waals surface area contributed by atoms with Gasteiger partial charge in [0, 0.05) is 25.0 Å². The number of benzene rings is 2. The number of carbonyl (C=O) groups is 1. The van der Waals surface area contributed by atoms with Crippen LogP contribution in [-0.4, -0.2) is 53.9 Å². The molecule has 2 aromatic carbocycles. The van der Waals surface area contributed by atoms with Crippen molar-refractivity contribution in [1.29, 1.82) is 0 Å². The minimum absolute atomic E-state index is 0.0285. The van der Waals surface area contributed by atoms with E-state index in [0.717, 1.165) is 5.56 Å². The van der Waals surface area contributed by atoms with E-state index in [-0.39, 0.29) is 21.3 Å². The fourth-order valence-electron chi connectivity index (χ4n) is 3.59. The van der Waals surface area contributed by atoms with Crippen LogP contribution in [0.15, 0.2) is 35.2 Å². The molecule has 1 heterocycles. The number of halogens is 2. The van der Waals surface area contributed by atoms with Crippen molar-refractivity contribution in [3.05, 3.63) is 69.2 Å². The maximum absolute atomic E-state index is 14.8. The van der Waals surface area contributed by atoms with Gasteiger partial charge >= 0.3 is 0 Å². The van der Waals surface area contributed by atoms with Crippen LogP contribution in [0.5, 0.6) is 0 Å². The Kier molecular flexibility index (Phi) is 7.15. The Morgan fingerprint density at radius 1 is 1.21 bits per heavy atom. The first kappa shape index (κ1) is 24.7. The molecule has 176 valence electrons. The van der Waals surface area contributed by atoms with Crippen LogP contribution in [0.4, 0.5) is 4.39 Å². The van der Waals surface area contributed by atoms with Gasteiger partial charge < -0.3 is 4.90 Å². The van der Waals surface area contributed by atoms with Gasteiger partial charge in [-0.05, 0) is 54.8 Å². The summed E-state index contributed by atoms with van der Waals surface area (Å²) in [5.74, 6) is -1.70. The largest absolute Gasteiger partial charge is 0.345 e. The van der Waals surface area contributed by atoms with Crippen LogP contribution >= 0.6 is 11.6 Å². The van der Waals surface area contributed by atoms with Crippen molar-refractivity contribution in [3.8, 4) is 0 Å². The zero-order chi connectivity index (χ0) is 24.5. The van der Waals surface area contributed by atoms with Gasteiger partial charge in [0.25, 0.3) is 5.91 Å². The summed E-state index contributed by atoms with van der Waals surface area (Å²) in [7, 11) is -1.30. The van der Waals surface area contributed by atoms with E-state index >= 15 is 0 Å². The molecular weight excluding hydrogens is 471 g/mol. The summed E-state index contributed by atoms with van der Waals surface area (Å²) in [4.78, 5) is 13.6. The zero-order valence-electron chi connectivity index (χ0n) is 18.7. The van der Waals surface area contributed by atoms with E-state index in [9.17, 15) is 17.6 Å². The van der Waals surface area contributed by atoms with Crippen LogP contribution < -0.4 is 4.72 Å². The highest BCUT2D eigenvalue weighted by Gasteiger charge is 2.34. The smallest absolute Gasteiger partial charge is 0.254 e. The van der Waals surface area contributed by atoms with Crippen molar-refractivity contribution in [2.75, 3.05) is 14.1 Å². The SMILES string of the molecule is Cc1ccc(F)c(C(C)C(NS(=O)(=O)c2ccc(Cl)cc2C(=O)N(C)C)c2nn[nH]n2)c1C. The van der Waals surface area contributed by atoms with Gasteiger partial charge in [0.05, 0.1) is 16.5 Å². The summed E-state index contributed by atoms with van der Waals surface area (Å²) in [6.45, 7) is 5.27. The highest BCUT2D eigenvalue weighted by Crippen LogP contribution is 2.35. The standard InChI is InChI=1S/C21H24ClFN6O3S/c1-11-6-8-16(23)18(12(11)2)13(3)19(20-24-27-28-25-20)26-33(31,32)17-9-7-14(22)10-15(17)21(30)29(4)5/h6-10,13,19,26H,1-5H3,(H,24,25,27,28). The molecule has 0 fully saturated rings. The second-order valence-corrected chi connectivity index (χ2v) is 10.0. The second-order valence-electron chi connectivity index (χ2n) is 7.90. The Labute approximate surface area is 196 Å². The fraction of sp³-hybridized carbons (Fsp3) is 0.333. The number of hydrogen-bond acceptors (Lipinski definition) is 6. The first-order valence-corrected chi connectivity index (χ1v) is 11.8. The van der Waals surface area contributed by atoms with E-state index in [0.29, 0.717) is 11.1 Å². The number of aromatic amines is 1. The third-order valence-corrected chi connectivity index (χ3v) is 7.21. The van der Waals surface area contributed by atoms with Gasteiger partial charge in [-0.3, -0.25) is 4.79 Å². The number of sulfonamides is 1. The minimum Gasteiger partial charge on any atom is -0.345 e. The fourth-order valence-corrected chi connectivity index (χ4v) is 5.21. The molecular formula is C21H24ClFN6O3S. The number of amides is 1. The topological polar surface area (TPSA) is 121 Å². The maximum atomic E-state index is 14.8. The third kappa shape index (κ3) is 5.05. The first-order valence-electron chi connectivity index (χ1n) is 9.96. The maximum Gasteiger partial charge on any atom is 0.254 e. The lowest BCUT2D eigenvalue weighted by Gasteiger charge is -2.25. The number of aromatic nitrogens is 4. The van der Waals surface area contributed by atoms with Crippen LogP contribution in [0.25, 0.3) is 0 Å². The minimum atomic E-state index is -4.30. The molecule has 2 N–H and O–H groups in total. The van der Waals surface area contributed by atoms with Gasteiger partial charge in [0.15, 0.2) is 5.82 Å². The molecule has 0 radical (unpaired) electrons. The lowest BCUT2D eigenvalue weighted by Crippen LogP contribution is -2.35. The highest BCUT2D eigenvalue weighted by atomic mass is 35.5. The predicted molar refractivity (Wildman–Crippen MR) is 121 cm³/mol. The van der Waals surface area contributed by atoms with Gasteiger partial charge in [-0.2, -0.15) is 9.94 Å². The summed E-state index contributed by atoms with van der Waals surface area (Å²) >= 11 is 6.02. The number of hydrogen-bond donors (Lipinski definition) is 2. The number of tetrazole rings is 1. The Morgan fingerprint density at radius 2 is 1.91 bits per heavy atom. The van der Waals surface area contributed by atoms with E-state index in [1.807, 2.05) is 6.92 Å². The number of H-pyrrole nitrogens is 1. The van der Waals surface area contributed by atoms with E-state index in [1.165, 1.54) is 43.3 Å². The molecule has 12 heteroatoms. The zero-order valence-corrected chi connectivity index (χ0v) is 20.3. The molecule has 0 aliphatic rings. The summed E-state index contributed by atoms with van der Waals surface area (Å²) in [6, 6.07) is 5.82. The highest BCUT2D eigenvalue weighted by molar-refractivity contribution is 7.89. The quantitative estimate of drug-likeness (QED) is 0.520. The Hall–Kier alpha value is -2.89. The van der Waals surface area contributed by atoms with Crippen molar-refractivity contribution in [3.63, 3.8) is 0 Å². The first-order chi connectivity index (χ1) is 15.4. The van der Waals surface area contributed by atoms with Crippen LogP contribution in [0.1, 0.15) is 51.8 Å².